The summed E-state index contributed by atoms with van der Waals surface area (Å²) in [4.78, 5) is 12.3. The molecule has 0 saturated carbocycles. The van der Waals surface area contributed by atoms with Gasteiger partial charge in [-0.2, -0.15) is 0 Å². The number of amides is 1. The summed E-state index contributed by atoms with van der Waals surface area (Å²) in [6.07, 6.45) is 0.755. The molecule has 0 aliphatic carbocycles. The molecule has 0 atom stereocenters. The Hall–Kier alpha value is -2.16. The van der Waals surface area contributed by atoms with Crippen molar-refractivity contribution in [3.05, 3.63) is 59.4 Å². The lowest BCUT2D eigenvalue weighted by molar-refractivity contribution is 0.0954. The van der Waals surface area contributed by atoms with E-state index in [1.54, 1.807) is 18.2 Å². The van der Waals surface area contributed by atoms with Gasteiger partial charge >= 0.3 is 0 Å². The Labute approximate surface area is 165 Å². The Morgan fingerprint density at radius 1 is 1.11 bits per heavy atom. The number of carbonyl (C=O) groups excluding carboxylic acids is 1. The molecule has 2 aromatic carbocycles. The predicted octanol–water partition coefficient (Wildman–Crippen LogP) is 2.70. The first kappa shape index (κ1) is 22.9. The van der Waals surface area contributed by atoms with Crippen LogP contribution in [0.15, 0.2) is 47.4 Å². The first-order chi connectivity index (χ1) is 12.3. The molecule has 0 aliphatic heterocycles. The van der Waals surface area contributed by atoms with E-state index in [0.717, 1.165) is 19.0 Å². The number of carbonyl (C=O) groups is 1. The monoisotopic (exact) mass is 415 g/mol. The van der Waals surface area contributed by atoms with Crippen molar-refractivity contribution in [1.82, 2.24) is 10.6 Å². The second kappa shape index (κ2) is 10.2. The van der Waals surface area contributed by atoms with Crippen molar-refractivity contribution in [2.24, 2.45) is 0 Å². The third kappa shape index (κ3) is 6.20. The Morgan fingerprint density at radius 3 is 2.48 bits per heavy atom. The molecule has 0 unspecified atom stereocenters. The Bertz CT molecular complexity index is 891. The average Bonchev–Trinajstić information content (AvgIpc) is 2.61. The molecule has 0 saturated heterocycles. The number of aryl methyl sites for hydroxylation is 1. The van der Waals surface area contributed by atoms with E-state index in [2.05, 4.69) is 15.4 Å². The van der Waals surface area contributed by atoms with Gasteiger partial charge in [0.2, 0.25) is 0 Å². The molecule has 0 bridgehead atoms. The molecule has 0 aromatic heterocycles. The zero-order valence-electron chi connectivity index (χ0n) is 15.1. The number of nitrogens with one attached hydrogen (secondary N) is 3. The molecule has 9 heteroatoms. The van der Waals surface area contributed by atoms with Gasteiger partial charge in [-0.3, -0.25) is 9.52 Å². The minimum absolute atomic E-state index is 0. The van der Waals surface area contributed by atoms with E-state index in [4.69, 9.17) is 0 Å². The molecule has 0 aliphatic rings. The van der Waals surface area contributed by atoms with Gasteiger partial charge in [0.15, 0.2) is 0 Å². The lowest BCUT2D eigenvalue weighted by Gasteiger charge is -2.13. The van der Waals surface area contributed by atoms with E-state index in [1.165, 1.54) is 25.1 Å². The van der Waals surface area contributed by atoms with E-state index in [9.17, 15) is 17.6 Å². The van der Waals surface area contributed by atoms with Crippen molar-refractivity contribution >= 4 is 34.0 Å². The van der Waals surface area contributed by atoms with Crippen LogP contribution in [-0.4, -0.2) is 34.5 Å². The maximum Gasteiger partial charge on any atom is 0.261 e. The topological polar surface area (TPSA) is 87.3 Å². The number of sulfonamides is 1. The summed E-state index contributed by atoms with van der Waals surface area (Å²) in [5.41, 5.74) is 0.614. The fourth-order valence-electron chi connectivity index (χ4n) is 2.32. The number of benzene rings is 2. The number of para-hydroxylation sites is 1. The number of hydrogen-bond donors (Lipinski definition) is 3. The molecule has 0 radical (unpaired) electrons. The van der Waals surface area contributed by atoms with Gasteiger partial charge in [0, 0.05) is 6.54 Å². The van der Waals surface area contributed by atoms with Crippen molar-refractivity contribution in [1.29, 1.82) is 0 Å². The largest absolute Gasteiger partial charge is 0.352 e. The number of rotatable bonds is 8. The van der Waals surface area contributed by atoms with Crippen LogP contribution in [0.1, 0.15) is 22.3 Å². The van der Waals surface area contributed by atoms with Crippen LogP contribution in [0, 0.1) is 12.7 Å². The Kier molecular flexibility index (Phi) is 8.68. The molecule has 148 valence electrons. The van der Waals surface area contributed by atoms with Gasteiger partial charge in [0.1, 0.15) is 5.82 Å². The summed E-state index contributed by atoms with van der Waals surface area (Å²) in [6, 6.07) is 9.87. The summed E-state index contributed by atoms with van der Waals surface area (Å²) in [5.74, 6) is -0.847. The van der Waals surface area contributed by atoms with Gasteiger partial charge in [-0.25, -0.2) is 12.8 Å². The van der Waals surface area contributed by atoms with E-state index in [1.807, 2.05) is 7.05 Å². The summed E-state index contributed by atoms with van der Waals surface area (Å²) in [7, 11) is -2.12. The van der Waals surface area contributed by atoms with Gasteiger partial charge in [-0.05, 0) is 62.8 Å². The lowest BCUT2D eigenvalue weighted by atomic mass is 10.1. The SMILES string of the molecule is CNCCCNC(=O)c1ccccc1NS(=O)(=O)c1ccc(F)c(C)c1.Cl. The number of anilines is 1. The quantitative estimate of drug-likeness (QED) is 0.578. The van der Waals surface area contributed by atoms with Crippen LogP contribution in [0.25, 0.3) is 0 Å². The third-order valence-electron chi connectivity index (χ3n) is 3.74. The maximum absolute atomic E-state index is 13.4. The van der Waals surface area contributed by atoms with Crippen LogP contribution >= 0.6 is 12.4 Å². The van der Waals surface area contributed by atoms with Crippen molar-refractivity contribution in [2.75, 3.05) is 24.9 Å². The normalized spacial score (nSPS) is 10.8. The lowest BCUT2D eigenvalue weighted by Crippen LogP contribution is -2.27. The highest BCUT2D eigenvalue weighted by molar-refractivity contribution is 7.92. The first-order valence-corrected chi connectivity index (χ1v) is 9.64. The molecular weight excluding hydrogens is 393 g/mol. The minimum Gasteiger partial charge on any atom is -0.352 e. The second-order valence-electron chi connectivity index (χ2n) is 5.78. The van der Waals surface area contributed by atoms with Crippen molar-refractivity contribution < 1.29 is 17.6 Å². The highest BCUT2D eigenvalue weighted by atomic mass is 35.5. The van der Waals surface area contributed by atoms with Crippen LogP contribution in [0.4, 0.5) is 10.1 Å². The maximum atomic E-state index is 13.4. The molecule has 2 aromatic rings. The Morgan fingerprint density at radius 2 is 1.81 bits per heavy atom. The molecule has 0 heterocycles. The fraction of sp³-hybridized carbons (Fsp3) is 0.278. The van der Waals surface area contributed by atoms with Gasteiger partial charge in [0.05, 0.1) is 16.1 Å². The highest BCUT2D eigenvalue weighted by Crippen LogP contribution is 2.21. The Balaban J connectivity index is 0.00000364. The van der Waals surface area contributed by atoms with Gasteiger partial charge in [-0.1, -0.05) is 12.1 Å². The predicted molar refractivity (Wildman–Crippen MR) is 107 cm³/mol. The van der Waals surface area contributed by atoms with Crippen LogP contribution in [0.2, 0.25) is 0 Å². The molecule has 0 fully saturated rings. The first-order valence-electron chi connectivity index (χ1n) is 8.16. The average molecular weight is 416 g/mol. The summed E-state index contributed by atoms with van der Waals surface area (Å²) in [6.45, 7) is 2.72. The van der Waals surface area contributed by atoms with Crippen LogP contribution in [0.3, 0.4) is 0 Å². The van der Waals surface area contributed by atoms with Crippen molar-refractivity contribution in [2.45, 2.75) is 18.2 Å². The van der Waals surface area contributed by atoms with Crippen LogP contribution in [0.5, 0.6) is 0 Å². The zero-order valence-corrected chi connectivity index (χ0v) is 16.7. The standard InChI is InChI=1S/C18H22FN3O3S.ClH/c1-13-12-14(8-9-16(13)19)26(24,25)22-17-7-4-3-6-15(17)18(23)21-11-5-10-20-2;/h3-4,6-9,12,20,22H,5,10-11H2,1-2H3,(H,21,23);1H. The molecular formula is C18H23ClFN3O3S. The number of halogens is 2. The van der Waals surface area contributed by atoms with Crippen molar-refractivity contribution in [3.63, 3.8) is 0 Å². The minimum atomic E-state index is -3.94. The third-order valence-corrected chi connectivity index (χ3v) is 5.11. The smallest absolute Gasteiger partial charge is 0.261 e. The van der Waals surface area contributed by atoms with Crippen molar-refractivity contribution in [3.8, 4) is 0 Å². The van der Waals surface area contributed by atoms with E-state index >= 15 is 0 Å². The molecule has 0 spiro atoms. The number of hydrogen-bond acceptors (Lipinski definition) is 4. The van der Waals surface area contributed by atoms with Crippen LogP contribution in [-0.2, 0) is 10.0 Å². The summed E-state index contributed by atoms with van der Waals surface area (Å²) < 4.78 is 40.9. The molecule has 2 rings (SSSR count). The molecule has 27 heavy (non-hydrogen) atoms. The van der Waals surface area contributed by atoms with Crippen LogP contribution < -0.4 is 15.4 Å². The fourth-order valence-corrected chi connectivity index (χ4v) is 3.48. The molecule has 6 nitrogen and oxygen atoms in total. The van der Waals surface area contributed by atoms with E-state index < -0.39 is 15.8 Å². The van der Waals surface area contributed by atoms with Gasteiger partial charge in [-0.15, -0.1) is 12.4 Å². The molecule has 3 N–H and O–H groups in total. The van der Waals surface area contributed by atoms with E-state index in [0.29, 0.717) is 6.54 Å². The van der Waals surface area contributed by atoms with Gasteiger partial charge in [0.25, 0.3) is 15.9 Å². The summed E-state index contributed by atoms with van der Waals surface area (Å²) >= 11 is 0. The zero-order chi connectivity index (χ0) is 19.2. The van der Waals surface area contributed by atoms with Gasteiger partial charge < -0.3 is 10.6 Å². The van der Waals surface area contributed by atoms with E-state index in [-0.39, 0.29) is 40.0 Å². The highest BCUT2D eigenvalue weighted by Gasteiger charge is 2.19. The molecule has 1 amide bonds. The summed E-state index contributed by atoms with van der Waals surface area (Å²) in [5, 5.41) is 5.73. The second-order valence-corrected chi connectivity index (χ2v) is 7.46.